The number of aromatic nitrogens is 4. The summed E-state index contributed by atoms with van der Waals surface area (Å²) in [5.74, 6) is -0.655. The SMILES string of the molecule is NC(=O)c1nnc2sc(-c3ccccc3Cl)nn12. The lowest BCUT2D eigenvalue weighted by Gasteiger charge is -1.97. The maximum absolute atomic E-state index is 11.1. The summed E-state index contributed by atoms with van der Waals surface area (Å²) in [7, 11) is 0. The Kier molecular flexibility index (Phi) is 2.49. The molecule has 0 fully saturated rings. The molecular weight excluding hydrogens is 274 g/mol. The van der Waals surface area contributed by atoms with Crippen molar-refractivity contribution in [2.45, 2.75) is 0 Å². The van der Waals surface area contributed by atoms with Crippen molar-refractivity contribution in [3.8, 4) is 10.6 Å². The summed E-state index contributed by atoms with van der Waals surface area (Å²) in [6, 6.07) is 7.31. The van der Waals surface area contributed by atoms with E-state index in [1.807, 2.05) is 18.2 Å². The number of carbonyl (C=O) groups excluding carboxylic acids is 1. The number of hydrogen-bond acceptors (Lipinski definition) is 5. The molecule has 2 N–H and O–H groups in total. The average Bonchev–Trinajstić information content (AvgIpc) is 2.88. The van der Waals surface area contributed by atoms with Crippen LogP contribution in [0, 0.1) is 0 Å². The van der Waals surface area contributed by atoms with E-state index in [2.05, 4.69) is 15.3 Å². The Morgan fingerprint density at radius 2 is 2.11 bits per heavy atom. The Morgan fingerprint density at radius 3 is 2.83 bits per heavy atom. The first-order chi connectivity index (χ1) is 8.66. The van der Waals surface area contributed by atoms with Crippen molar-refractivity contribution >= 4 is 33.8 Å². The van der Waals surface area contributed by atoms with E-state index in [1.165, 1.54) is 15.9 Å². The van der Waals surface area contributed by atoms with Crippen LogP contribution in [0.5, 0.6) is 0 Å². The van der Waals surface area contributed by atoms with Crippen LogP contribution < -0.4 is 5.73 Å². The lowest BCUT2D eigenvalue weighted by Crippen LogP contribution is -2.15. The van der Waals surface area contributed by atoms with Gasteiger partial charge in [-0.1, -0.05) is 41.1 Å². The van der Waals surface area contributed by atoms with Crippen molar-refractivity contribution < 1.29 is 4.79 Å². The molecule has 2 heterocycles. The molecule has 3 rings (SSSR count). The first-order valence-corrected chi connectivity index (χ1v) is 6.13. The molecule has 0 aliphatic heterocycles. The smallest absolute Gasteiger partial charge is 0.288 e. The first-order valence-electron chi connectivity index (χ1n) is 4.94. The molecule has 0 atom stereocenters. The minimum absolute atomic E-state index is 0.0135. The second-order valence-corrected chi connectivity index (χ2v) is 4.83. The van der Waals surface area contributed by atoms with Crippen molar-refractivity contribution in [2.24, 2.45) is 5.73 Å². The molecule has 0 saturated carbocycles. The molecule has 18 heavy (non-hydrogen) atoms. The fourth-order valence-electron chi connectivity index (χ4n) is 1.51. The number of primary amides is 1. The van der Waals surface area contributed by atoms with Crippen LogP contribution in [0.1, 0.15) is 10.6 Å². The zero-order valence-corrected chi connectivity index (χ0v) is 10.4. The topological polar surface area (TPSA) is 86.2 Å². The number of halogens is 1. The summed E-state index contributed by atoms with van der Waals surface area (Å²) >= 11 is 7.37. The molecule has 0 unspecified atom stereocenters. The van der Waals surface area contributed by atoms with Gasteiger partial charge in [0, 0.05) is 5.56 Å². The highest BCUT2D eigenvalue weighted by atomic mass is 35.5. The molecule has 8 heteroatoms. The van der Waals surface area contributed by atoms with E-state index < -0.39 is 5.91 Å². The Bertz CT molecular complexity index is 750. The quantitative estimate of drug-likeness (QED) is 0.772. The van der Waals surface area contributed by atoms with Crippen LogP contribution in [0.4, 0.5) is 0 Å². The van der Waals surface area contributed by atoms with Crippen molar-refractivity contribution in [3.05, 3.63) is 35.1 Å². The van der Waals surface area contributed by atoms with Crippen molar-refractivity contribution in [2.75, 3.05) is 0 Å². The molecule has 0 spiro atoms. The van der Waals surface area contributed by atoms with Crippen molar-refractivity contribution in [3.63, 3.8) is 0 Å². The number of nitrogens with two attached hydrogens (primary N) is 1. The molecule has 90 valence electrons. The highest BCUT2D eigenvalue weighted by molar-refractivity contribution is 7.19. The van der Waals surface area contributed by atoms with Crippen LogP contribution >= 0.6 is 22.9 Å². The van der Waals surface area contributed by atoms with E-state index in [0.29, 0.717) is 15.0 Å². The lowest BCUT2D eigenvalue weighted by molar-refractivity contribution is 0.0988. The third kappa shape index (κ3) is 1.64. The number of hydrogen-bond donors (Lipinski definition) is 1. The number of benzene rings is 1. The normalized spacial score (nSPS) is 10.9. The monoisotopic (exact) mass is 279 g/mol. The second-order valence-electron chi connectivity index (χ2n) is 3.47. The minimum Gasteiger partial charge on any atom is -0.363 e. The van der Waals surface area contributed by atoms with Crippen LogP contribution in [0.25, 0.3) is 15.5 Å². The summed E-state index contributed by atoms with van der Waals surface area (Å²) in [6.07, 6.45) is 0. The fourth-order valence-corrected chi connectivity index (χ4v) is 2.67. The Hall–Kier alpha value is -1.99. The van der Waals surface area contributed by atoms with Gasteiger partial charge >= 0.3 is 0 Å². The second kappa shape index (κ2) is 4.04. The molecule has 3 aromatic rings. The van der Waals surface area contributed by atoms with E-state index in [1.54, 1.807) is 6.07 Å². The predicted octanol–water partition coefficient (Wildman–Crippen LogP) is 1.61. The third-order valence-electron chi connectivity index (χ3n) is 2.32. The van der Waals surface area contributed by atoms with E-state index in [9.17, 15) is 4.79 Å². The summed E-state index contributed by atoms with van der Waals surface area (Å²) in [6.45, 7) is 0. The number of carbonyl (C=O) groups is 1. The molecule has 6 nitrogen and oxygen atoms in total. The summed E-state index contributed by atoms with van der Waals surface area (Å²) < 4.78 is 1.33. The van der Waals surface area contributed by atoms with E-state index >= 15 is 0 Å². The summed E-state index contributed by atoms with van der Waals surface area (Å²) in [5.41, 5.74) is 5.96. The predicted molar refractivity (Wildman–Crippen MR) is 67.6 cm³/mol. The van der Waals surface area contributed by atoms with Gasteiger partial charge in [0.15, 0.2) is 0 Å². The molecule has 1 aromatic carbocycles. The van der Waals surface area contributed by atoms with Gasteiger partial charge in [0.2, 0.25) is 10.8 Å². The molecule has 0 bridgehead atoms. The third-order valence-corrected chi connectivity index (χ3v) is 3.58. The number of rotatable bonds is 2. The van der Waals surface area contributed by atoms with E-state index in [-0.39, 0.29) is 5.82 Å². The van der Waals surface area contributed by atoms with Crippen molar-refractivity contribution in [1.29, 1.82) is 0 Å². The molecule has 2 aromatic heterocycles. The Morgan fingerprint density at radius 1 is 1.33 bits per heavy atom. The number of fused-ring (bicyclic) bond motifs is 1. The lowest BCUT2D eigenvalue weighted by atomic mass is 10.2. The molecule has 1 amide bonds. The summed E-state index contributed by atoms with van der Waals surface area (Å²) in [4.78, 5) is 11.6. The minimum atomic E-state index is -0.668. The van der Waals surface area contributed by atoms with Gasteiger partial charge in [-0.05, 0) is 6.07 Å². The summed E-state index contributed by atoms with van der Waals surface area (Å²) in [5, 5.41) is 13.0. The Labute approximate surface area is 110 Å². The van der Waals surface area contributed by atoms with Crippen molar-refractivity contribution in [1.82, 2.24) is 19.8 Å². The highest BCUT2D eigenvalue weighted by Crippen LogP contribution is 2.30. The van der Waals surface area contributed by atoms with Gasteiger partial charge in [0.1, 0.15) is 5.01 Å². The van der Waals surface area contributed by atoms with E-state index in [0.717, 1.165) is 5.56 Å². The number of amides is 1. The van der Waals surface area contributed by atoms with Gasteiger partial charge < -0.3 is 5.73 Å². The van der Waals surface area contributed by atoms with Gasteiger partial charge in [0.05, 0.1) is 5.02 Å². The zero-order valence-electron chi connectivity index (χ0n) is 8.87. The van der Waals surface area contributed by atoms with Gasteiger partial charge in [-0.15, -0.1) is 10.2 Å². The van der Waals surface area contributed by atoms with E-state index in [4.69, 9.17) is 17.3 Å². The molecule has 0 aliphatic carbocycles. The van der Waals surface area contributed by atoms with Gasteiger partial charge in [-0.3, -0.25) is 4.79 Å². The molecule has 0 saturated heterocycles. The standard InChI is InChI=1S/C10H6ClN5OS/c11-6-4-2-1-3-5(6)9-15-16-8(7(12)17)13-14-10(16)18-9/h1-4H,(H2,12,17). The first kappa shape index (κ1) is 11.1. The van der Waals surface area contributed by atoms with Crippen LogP contribution in [0.3, 0.4) is 0 Å². The van der Waals surface area contributed by atoms with Crippen LogP contribution in [-0.4, -0.2) is 25.7 Å². The highest BCUT2D eigenvalue weighted by Gasteiger charge is 2.17. The molecule has 0 radical (unpaired) electrons. The van der Waals surface area contributed by atoms with Gasteiger partial charge in [-0.25, -0.2) is 0 Å². The maximum atomic E-state index is 11.1. The van der Waals surface area contributed by atoms with Gasteiger partial charge in [0.25, 0.3) is 5.91 Å². The average molecular weight is 280 g/mol. The zero-order chi connectivity index (χ0) is 12.7. The van der Waals surface area contributed by atoms with Gasteiger partial charge in [-0.2, -0.15) is 9.61 Å². The number of nitrogens with zero attached hydrogens (tertiary/aromatic N) is 4. The Balaban J connectivity index is 2.20. The van der Waals surface area contributed by atoms with Crippen LogP contribution in [0.2, 0.25) is 5.02 Å². The van der Waals surface area contributed by atoms with Crippen LogP contribution in [-0.2, 0) is 0 Å². The van der Waals surface area contributed by atoms with Crippen LogP contribution in [0.15, 0.2) is 24.3 Å². The maximum Gasteiger partial charge on any atom is 0.288 e. The molecular formula is C10H6ClN5OS. The largest absolute Gasteiger partial charge is 0.363 e. The molecule has 0 aliphatic rings. The fraction of sp³-hybridized carbons (Fsp3) is 0.